The third kappa shape index (κ3) is 4.60. The number of carbonyl (C=O) groups is 3. The zero-order valence-electron chi connectivity index (χ0n) is 10.9. The molecule has 1 aromatic rings. The van der Waals surface area contributed by atoms with Gasteiger partial charge in [-0.25, -0.2) is 0 Å². The second kappa shape index (κ2) is 7.13. The minimum atomic E-state index is -1.20. The first kappa shape index (κ1) is 15.5. The van der Waals surface area contributed by atoms with Gasteiger partial charge in [-0.3, -0.25) is 14.4 Å². The first-order valence-corrected chi connectivity index (χ1v) is 5.81. The Hall–Kier alpha value is -2.57. The molecule has 0 saturated carbocycles. The molecule has 0 fully saturated rings. The molecule has 0 aliphatic heterocycles. The van der Waals surface area contributed by atoms with Gasteiger partial charge in [0.05, 0.1) is 13.5 Å². The van der Waals surface area contributed by atoms with E-state index < -0.39 is 24.4 Å². The number of methoxy groups -OCH3 is 1. The molecule has 0 unspecified atom stereocenters. The van der Waals surface area contributed by atoms with Gasteiger partial charge in [0.25, 0.3) is 5.91 Å². The van der Waals surface area contributed by atoms with Crippen molar-refractivity contribution < 1.29 is 29.3 Å². The number of amides is 1. The number of hydrogen-bond acceptors (Lipinski definition) is 4. The van der Waals surface area contributed by atoms with Crippen LogP contribution in [0.4, 0.5) is 0 Å². The number of aliphatic carboxylic acids is 2. The van der Waals surface area contributed by atoms with E-state index in [0.717, 1.165) is 4.90 Å². The molecule has 0 saturated heterocycles. The smallest absolute Gasteiger partial charge is 0.323 e. The number of carboxylic acid groups (broad SMARTS) is 2. The quantitative estimate of drug-likeness (QED) is 0.762. The maximum atomic E-state index is 12.2. The monoisotopic (exact) mass is 281 g/mol. The van der Waals surface area contributed by atoms with Crippen LogP contribution in [0.5, 0.6) is 5.75 Å². The van der Waals surface area contributed by atoms with E-state index in [9.17, 15) is 14.4 Å². The van der Waals surface area contributed by atoms with E-state index >= 15 is 0 Å². The second-order valence-corrected chi connectivity index (χ2v) is 4.00. The largest absolute Gasteiger partial charge is 0.497 e. The van der Waals surface area contributed by atoms with Crippen molar-refractivity contribution in [2.24, 2.45) is 0 Å². The lowest BCUT2D eigenvalue weighted by atomic mass is 10.2. The van der Waals surface area contributed by atoms with Crippen molar-refractivity contribution in [3.8, 4) is 5.75 Å². The molecule has 0 radical (unpaired) electrons. The Bertz CT molecular complexity index is 513. The summed E-state index contributed by atoms with van der Waals surface area (Å²) >= 11 is 0. The first-order valence-electron chi connectivity index (χ1n) is 5.81. The molecule has 1 rings (SSSR count). The highest BCUT2D eigenvalue weighted by atomic mass is 16.5. The van der Waals surface area contributed by atoms with Crippen LogP contribution < -0.4 is 4.74 Å². The molecule has 7 nitrogen and oxygen atoms in total. The van der Waals surface area contributed by atoms with E-state index in [1.54, 1.807) is 12.1 Å². The van der Waals surface area contributed by atoms with Gasteiger partial charge in [-0.05, 0) is 18.2 Å². The maximum Gasteiger partial charge on any atom is 0.323 e. The standard InChI is InChI=1S/C13H15NO6/c1-20-10-4-2-3-9(7-10)13(19)14(8-12(17)18)6-5-11(15)16/h2-4,7H,5-6,8H2,1H3,(H,15,16)(H,17,18). The van der Waals surface area contributed by atoms with Crippen LogP contribution in [0.25, 0.3) is 0 Å². The van der Waals surface area contributed by atoms with E-state index in [-0.39, 0.29) is 18.5 Å². The highest BCUT2D eigenvalue weighted by molar-refractivity contribution is 5.96. The third-order valence-corrected chi connectivity index (χ3v) is 2.53. The van der Waals surface area contributed by atoms with E-state index in [0.29, 0.717) is 5.75 Å². The van der Waals surface area contributed by atoms with Gasteiger partial charge in [-0.2, -0.15) is 0 Å². The van der Waals surface area contributed by atoms with Crippen molar-refractivity contribution in [2.45, 2.75) is 6.42 Å². The van der Waals surface area contributed by atoms with Crippen LogP contribution in [-0.2, 0) is 9.59 Å². The summed E-state index contributed by atoms with van der Waals surface area (Å²) in [7, 11) is 1.45. The Kier molecular flexibility index (Phi) is 5.52. The number of nitrogens with zero attached hydrogens (tertiary/aromatic N) is 1. The molecule has 2 N–H and O–H groups in total. The molecular formula is C13H15NO6. The van der Waals surface area contributed by atoms with E-state index in [4.69, 9.17) is 14.9 Å². The highest BCUT2D eigenvalue weighted by Crippen LogP contribution is 2.14. The zero-order chi connectivity index (χ0) is 15.1. The molecule has 1 amide bonds. The van der Waals surface area contributed by atoms with Crippen LogP contribution in [0.3, 0.4) is 0 Å². The number of rotatable bonds is 7. The van der Waals surface area contributed by atoms with Gasteiger partial charge >= 0.3 is 11.9 Å². The number of carbonyl (C=O) groups excluding carboxylic acids is 1. The van der Waals surface area contributed by atoms with Crippen molar-refractivity contribution in [1.29, 1.82) is 0 Å². The molecule has 20 heavy (non-hydrogen) atoms. The first-order chi connectivity index (χ1) is 9.43. The highest BCUT2D eigenvalue weighted by Gasteiger charge is 2.19. The fraction of sp³-hybridized carbons (Fsp3) is 0.308. The molecule has 0 aliphatic rings. The molecular weight excluding hydrogens is 266 g/mol. The van der Waals surface area contributed by atoms with E-state index in [2.05, 4.69) is 0 Å². The minimum Gasteiger partial charge on any atom is -0.497 e. The Balaban J connectivity index is 2.90. The lowest BCUT2D eigenvalue weighted by molar-refractivity contribution is -0.140. The maximum absolute atomic E-state index is 12.2. The summed E-state index contributed by atoms with van der Waals surface area (Å²) < 4.78 is 4.98. The number of carboxylic acids is 2. The summed E-state index contributed by atoms with van der Waals surface area (Å²) in [5.41, 5.74) is 0.246. The Labute approximate surface area is 115 Å². The van der Waals surface area contributed by atoms with Crippen LogP contribution in [0, 0.1) is 0 Å². The van der Waals surface area contributed by atoms with Gasteiger partial charge in [-0.1, -0.05) is 6.07 Å². The van der Waals surface area contributed by atoms with Gasteiger partial charge in [0.15, 0.2) is 0 Å². The van der Waals surface area contributed by atoms with Gasteiger partial charge in [0.1, 0.15) is 12.3 Å². The molecule has 108 valence electrons. The molecule has 0 atom stereocenters. The number of benzene rings is 1. The molecule has 0 bridgehead atoms. The van der Waals surface area contributed by atoms with E-state index in [1.165, 1.54) is 19.2 Å². The molecule has 0 heterocycles. The van der Waals surface area contributed by atoms with Crippen LogP contribution in [0.15, 0.2) is 24.3 Å². The number of ether oxygens (including phenoxy) is 1. The zero-order valence-corrected chi connectivity index (χ0v) is 10.9. The predicted octanol–water partition coefficient (Wildman–Crippen LogP) is 0.697. The molecule has 1 aromatic carbocycles. The minimum absolute atomic E-state index is 0.169. The Morgan fingerprint density at radius 1 is 1.20 bits per heavy atom. The summed E-state index contributed by atoms with van der Waals surface area (Å²) in [6.07, 6.45) is -0.316. The van der Waals surface area contributed by atoms with Gasteiger partial charge < -0.3 is 19.8 Å². The normalized spacial score (nSPS) is 9.85. The topological polar surface area (TPSA) is 104 Å². The molecule has 0 aromatic heterocycles. The van der Waals surface area contributed by atoms with Crippen molar-refractivity contribution in [3.05, 3.63) is 29.8 Å². The second-order valence-electron chi connectivity index (χ2n) is 4.00. The summed E-state index contributed by atoms with van der Waals surface area (Å²) in [6.45, 7) is -0.721. The lowest BCUT2D eigenvalue weighted by Crippen LogP contribution is -2.37. The summed E-state index contributed by atoms with van der Waals surface area (Å²) in [5, 5.41) is 17.4. The third-order valence-electron chi connectivity index (χ3n) is 2.53. The van der Waals surface area contributed by atoms with Gasteiger partial charge in [0.2, 0.25) is 0 Å². The van der Waals surface area contributed by atoms with Crippen LogP contribution in [-0.4, -0.2) is 53.2 Å². The summed E-state index contributed by atoms with van der Waals surface area (Å²) in [6, 6.07) is 6.23. The molecule has 7 heteroatoms. The molecule has 0 spiro atoms. The van der Waals surface area contributed by atoms with E-state index in [1.807, 2.05) is 0 Å². The molecule has 0 aliphatic carbocycles. The van der Waals surface area contributed by atoms with Crippen LogP contribution in [0.1, 0.15) is 16.8 Å². The summed E-state index contributed by atoms with van der Waals surface area (Å²) in [5.74, 6) is -2.39. The SMILES string of the molecule is COc1cccc(C(=O)N(CCC(=O)O)CC(=O)O)c1. The van der Waals surface area contributed by atoms with Crippen molar-refractivity contribution in [2.75, 3.05) is 20.2 Å². The summed E-state index contributed by atoms with van der Waals surface area (Å²) in [4.78, 5) is 34.4. The van der Waals surface area contributed by atoms with Crippen molar-refractivity contribution in [1.82, 2.24) is 4.90 Å². The lowest BCUT2D eigenvalue weighted by Gasteiger charge is -2.20. The van der Waals surface area contributed by atoms with Crippen LogP contribution in [0.2, 0.25) is 0 Å². The van der Waals surface area contributed by atoms with Gasteiger partial charge in [0, 0.05) is 12.1 Å². The van der Waals surface area contributed by atoms with Crippen LogP contribution >= 0.6 is 0 Å². The van der Waals surface area contributed by atoms with Gasteiger partial charge in [-0.15, -0.1) is 0 Å². The Morgan fingerprint density at radius 3 is 2.45 bits per heavy atom. The number of hydrogen-bond donors (Lipinski definition) is 2. The Morgan fingerprint density at radius 2 is 1.90 bits per heavy atom. The average molecular weight is 281 g/mol. The fourth-order valence-corrected chi connectivity index (χ4v) is 1.58. The predicted molar refractivity (Wildman–Crippen MR) is 68.8 cm³/mol. The van der Waals surface area contributed by atoms with Crippen molar-refractivity contribution >= 4 is 17.8 Å². The average Bonchev–Trinajstić information content (AvgIpc) is 2.42. The van der Waals surface area contributed by atoms with Crippen molar-refractivity contribution in [3.63, 3.8) is 0 Å². The fourth-order valence-electron chi connectivity index (χ4n) is 1.58.